The Balaban J connectivity index is 1.16. The van der Waals surface area contributed by atoms with Gasteiger partial charge < -0.3 is 24.2 Å². The Morgan fingerprint density at radius 3 is 2.57 bits per heavy atom. The van der Waals surface area contributed by atoms with Gasteiger partial charge in [0.25, 0.3) is 5.91 Å². The molecule has 1 aromatic carbocycles. The number of aromatic nitrogens is 2. The summed E-state index contributed by atoms with van der Waals surface area (Å²) in [5, 5.41) is 7.28. The van der Waals surface area contributed by atoms with Crippen LogP contribution in [0.1, 0.15) is 81.0 Å². The quantitative estimate of drug-likeness (QED) is 0.545. The lowest BCUT2D eigenvalue weighted by molar-refractivity contribution is 0.0696. The van der Waals surface area contributed by atoms with Crippen LogP contribution >= 0.6 is 0 Å². The summed E-state index contributed by atoms with van der Waals surface area (Å²) in [6, 6.07) is 6.59. The van der Waals surface area contributed by atoms with Gasteiger partial charge in [-0.15, -0.1) is 0 Å². The van der Waals surface area contributed by atoms with Crippen molar-refractivity contribution in [1.29, 1.82) is 0 Å². The van der Waals surface area contributed by atoms with Crippen molar-refractivity contribution in [2.75, 3.05) is 37.8 Å². The first-order valence-electron chi connectivity index (χ1n) is 13.0. The lowest BCUT2D eigenvalue weighted by atomic mass is 9.92. The van der Waals surface area contributed by atoms with Crippen LogP contribution in [0.4, 0.5) is 6.01 Å². The van der Waals surface area contributed by atoms with E-state index in [0.29, 0.717) is 37.3 Å². The van der Waals surface area contributed by atoms with Crippen LogP contribution < -0.4 is 15.0 Å². The molecule has 1 N–H and O–H groups in total. The molecule has 2 fully saturated rings. The molecular formula is C27H40N4O4. The Labute approximate surface area is 208 Å². The average molecular weight is 485 g/mol. The Kier molecular flexibility index (Phi) is 8.31. The molecule has 0 atom stereocenters. The molecule has 8 heteroatoms. The molecule has 0 spiro atoms. The van der Waals surface area contributed by atoms with Crippen molar-refractivity contribution in [1.82, 2.24) is 15.5 Å². The van der Waals surface area contributed by atoms with Crippen molar-refractivity contribution in [3.8, 4) is 5.75 Å². The predicted molar refractivity (Wildman–Crippen MR) is 135 cm³/mol. The minimum absolute atomic E-state index is 0.0116. The molecule has 1 aromatic heterocycles. The number of nitrogens with one attached hydrogen (secondary N) is 1. The largest absolute Gasteiger partial charge is 0.494 e. The minimum Gasteiger partial charge on any atom is -0.494 e. The van der Waals surface area contributed by atoms with E-state index in [9.17, 15) is 4.79 Å². The van der Waals surface area contributed by atoms with Crippen molar-refractivity contribution < 1.29 is 18.8 Å². The molecule has 192 valence electrons. The van der Waals surface area contributed by atoms with Gasteiger partial charge in [0.15, 0.2) is 5.82 Å². The van der Waals surface area contributed by atoms with Crippen LogP contribution in [-0.2, 0) is 10.2 Å². The fraction of sp³-hybridized carbons (Fsp3) is 0.667. The van der Waals surface area contributed by atoms with E-state index in [4.69, 9.17) is 14.0 Å². The van der Waals surface area contributed by atoms with Gasteiger partial charge in [-0.25, -0.2) is 0 Å². The van der Waals surface area contributed by atoms with Crippen molar-refractivity contribution in [2.45, 2.75) is 77.7 Å². The van der Waals surface area contributed by atoms with Crippen LogP contribution in [0.25, 0.3) is 0 Å². The Bertz CT molecular complexity index is 970. The molecule has 1 amide bonds. The first kappa shape index (κ1) is 25.5. The highest BCUT2D eigenvalue weighted by Gasteiger charge is 2.26. The fourth-order valence-corrected chi connectivity index (χ4v) is 4.71. The molecule has 0 aliphatic carbocycles. The highest BCUT2D eigenvalue weighted by molar-refractivity contribution is 5.96. The maximum Gasteiger partial charge on any atom is 0.324 e. The van der Waals surface area contributed by atoms with E-state index < -0.39 is 0 Å². The molecule has 2 aliphatic heterocycles. The maximum absolute atomic E-state index is 12.6. The maximum atomic E-state index is 12.6. The number of carbonyl (C=O) groups excluding carboxylic acids is 1. The van der Waals surface area contributed by atoms with Gasteiger partial charge in [0.2, 0.25) is 0 Å². The summed E-state index contributed by atoms with van der Waals surface area (Å²) >= 11 is 0. The summed E-state index contributed by atoms with van der Waals surface area (Å²) in [6.45, 7) is 12.3. The minimum atomic E-state index is -0.101. The van der Waals surface area contributed by atoms with Gasteiger partial charge in [-0.3, -0.25) is 4.79 Å². The number of amides is 1. The van der Waals surface area contributed by atoms with E-state index in [2.05, 4.69) is 41.1 Å². The Morgan fingerprint density at radius 2 is 1.91 bits per heavy atom. The summed E-state index contributed by atoms with van der Waals surface area (Å²) in [6.07, 6.45) is 6.17. The monoisotopic (exact) mass is 484 g/mol. The fourth-order valence-electron chi connectivity index (χ4n) is 4.71. The zero-order chi connectivity index (χ0) is 24.8. The first-order chi connectivity index (χ1) is 16.8. The van der Waals surface area contributed by atoms with Gasteiger partial charge in [0.05, 0.1) is 6.61 Å². The molecule has 0 bridgehead atoms. The number of hydrogen-bond acceptors (Lipinski definition) is 7. The van der Waals surface area contributed by atoms with Crippen molar-refractivity contribution >= 4 is 11.9 Å². The molecule has 2 aromatic rings. The Morgan fingerprint density at radius 1 is 1.17 bits per heavy atom. The standard InChI is InChI=1S/C27H40N4O4/c1-19-18-22(7-8-23(19)24(32)28-21-11-16-33-17-12-21)34-15-5-6-20-9-13-31(14-10-20)26-29-25(30-35-26)27(2,3)4/h7-8,18,20-21H,5-6,9-17H2,1-4H3,(H,28,32). The second-order valence-corrected chi connectivity index (χ2v) is 10.9. The molecule has 8 nitrogen and oxygen atoms in total. The van der Waals surface area contributed by atoms with Gasteiger partial charge in [0.1, 0.15) is 5.75 Å². The number of carbonyl (C=O) groups is 1. The topological polar surface area (TPSA) is 89.7 Å². The molecular weight excluding hydrogens is 444 g/mol. The van der Waals surface area contributed by atoms with Crippen LogP contribution in [0.2, 0.25) is 0 Å². The molecule has 2 aliphatic rings. The number of benzene rings is 1. The highest BCUT2D eigenvalue weighted by atomic mass is 16.5. The van der Waals surface area contributed by atoms with E-state index in [1.165, 1.54) is 0 Å². The number of rotatable bonds is 8. The Hall–Kier alpha value is -2.61. The molecule has 0 saturated carbocycles. The van der Waals surface area contributed by atoms with E-state index in [0.717, 1.165) is 68.8 Å². The zero-order valence-electron chi connectivity index (χ0n) is 21.6. The van der Waals surface area contributed by atoms with Crippen molar-refractivity contribution in [3.63, 3.8) is 0 Å². The normalized spacial score (nSPS) is 18.0. The second-order valence-electron chi connectivity index (χ2n) is 10.9. The molecule has 0 radical (unpaired) electrons. The predicted octanol–water partition coefficient (Wildman–Crippen LogP) is 4.66. The van der Waals surface area contributed by atoms with Crippen molar-refractivity contribution in [3.05, 3.63) is 35.2 Å². The third kappa shape index (κ3) is 6.97. The van der Waals surface area contributed by atoms with E-state index >= 15 is 0 Å². The number of ether oxygens (including phenoxy) is 2. The molecule has 3 heterocycles. The van der Waals surface area contributed by atoms with Crippen LogP contribution in [0, 0.1) is 12.8 Å². The third-order valence-electron chi connectivity index (χ3n) is 7.00. The zero-order valence-corrected chi connectivity index (χ0v) is 21.6. The summed E-state index contributed by atoms with van der Waals surface area (Å²) in [4.78, 5) is 19.4. The van der Waals surface area contributed by atoms with E-state index in [-0.39, 0.29) is 17.4 Å². The number of nitrogens with zero attached hydrogens (tertiary/aromatic N) is 3. The number of aryl methyl sites for hydroxylation is 1. The van der Waals surface area contributed by atoms with Crippen molar-refractivity contribution in [2.24, 2.45) is 5.92 Å². The van der Waals surface area contributed by atoms with Crippen LogP contribution in [0.15, 0.2) is 22.7 Å². The average Bonchev–Trinajstić information content (AvgIpc) is 3.34. The molecule has 4 rings (SSSR count). The van der Waals surface area contributed by atoms with E-state index in [1.54, 1.807) is 0 Å². The van der Waals surface area contributed by atoms with Crippen LogP contribution in [0.5, 0.6) is 5.75 Å². The number of piperidine rings is 1. The van der Waals surface area contributed by atoms with Gasteiger partial charge in [-0.2, -0.15) is 4.98 Å². The van der Waals surface area contributed by atoms with Crippen LogP contribution in [0.3, 0.4) is 0 Å². The SMILES string of the molecule is Cc1cc(OCCCC2CCN(c3nc(C(C)(C)C)no3)CC2)ccc1C(=O)NC1CCOCC1. The summed E-state index contributed by atoms with van der Waals surface area (Å²) in [5.74, 6) is 2.27. The van der Waals surface area contributed by atoms with Gasteiger partial charge in [-0.1, -0.05) is 25.9 Å². The summed E-state index contributed by atoms with van der Waals surface area (Å²) < 4.78 is 16.9. The van der Waals surface area contributed by atoms with Gasteiger partial charge in [-0.05, 0) is 75.1 Å². The first-order valence-corrected chi connectivity index (χ1v) is 13.0. The van der Waals surface area contributed by atoms with Gasteiger partial charge >= 0.3 is 6.01 Å². The third-order valence-corrected chi connectivity index (χ3v) is 7.00. The second kappa shape index (κ2) is 11.4. The molecule has 0 unspecified atom stereocenters. The summed E-state index contributed by atoms with van der Waals surface area (Å²) in [5.41, 5.74) is 1.55. The van der Waals surface area contributed by atoms with Crippen LogP contribution in [-0.4, -0.2) is 55.0 Å². The molecule has 35 heavy (non-hydrogen) atoms. The summed E-state index contributed by atoms with van der Waals surface area (Å²) in [7, 11) is 0. The lowest BCUT2D eigenvalue weighted by Crippen LogP contribution is -2.39. The number of hydrogen-bond donors (Lipinski definition) is 1. The highest BCUT2D eigenvalue weighted by Crippen LogP contribution is 2.27. The molecule has 2 saturated heterocycles. The van der Waals surface area contributed by atoms with Gasteiger partial charge in [0, 0.05) is 43.3 Å². The number of anilines is 1. The smallest absolute Gasteiger partial charge is 0.324 e. The van der Waals surface area contributed by atoms with E-state index in [1.807, 2.05) is 25.1 Å². The lowest BCUT2D eigenvalue weighted by Gasteiger charge is -2.30.